The second-order valence-corrected chi connectivity index (χ2v) is 11.1. The van der Waals surface area contributed by atoms with E-state index < -0.39 is 5.60 Å². The lowest BCUT2D eigenvalue weighted by Gasteiger charge is -2.53. The van der Waals surface area contributed by atoms with Gasteiger partial charge in [-0.15, -0.1) is 0 Å². The maximum Gasteiger partial charge on any atom is 0.227 e. The van der Waals surface area contributed by atoms with Gasteiger partial charge in [-0.3, -0.25) is 4.79 Å². The van der Waals surface area contributed by atoms with Crippen LogP contribution < -0.4 is 4.74 Å². The molecule has 4 aromatic rings. The van der Waals surface area contributed by atoms with Crippen LogP contribution in [0.3, 0.4) is 0 Å². The van der Waals surface area contributed by atoms with E-state index in [1.54, 1.807) is 25.3 Å². The highest BCUT2D eigenvalue weighted by Gasteiger charge is 2.61. The Morgan fingerprint density at radius 3 is 2.02 bits per heavy atom. The topological polar surface area (TPSA) is 70.0 Å². The molecule has 5 nitrogen and oxygen atoms in total. The van der Waals surface area contributed by atoms with E-state index in [0.717, 1.165) is 12.0 Å². The quantitative estimate of drug-likeness (QED) is 0.334. The molecular weight excluding hydrogens is 498 g/mol. The molecule has 1 aliphatic heterocycles. The van der Waals surface area contributed by atoms with Crippen molar-refractivity contribution < 1.29 is 19.7 Å². The first kappa shape index (κ1) is 26.1. The predicted octanol–water partition coefficient (Wildman–Crippen LogP) is 5.69. The first-order chi connectivity index (χ1) is 19.5. The van der Waals surface area contributed by atoms with Gasteiger partial charge in [0.2, 0.25) is 5.91 Å². The highest BCUT2D eigenvalue weighted by molar-refractivity contribution is 5.80. The normalized spacial score (nSPS) is 23.4. The average molecular weight is 534 g/mol. The van der Waals surface area contributed by atoms with Gasteiger partial charge in [0.15, 0.2) is 0 Å². The van der Waals surface area contributed by atoms with Gasteiger partial charge >= 0.3 is 0 Å². The number of aliphatic hydroxyl groups is 1. The predicted molar refractivity (Wildman–Crippen MR) is 155 cm³/mol. The van der Waals surface area contributed by atoms with Crippen molar-refractivity contribution in [3.8, 4) is 11.5 Å². The number of nitrogens with zero attached hydrogens (tertiary/aromatic N) is 1. The number of phenols is 1. The Labute approximate surface area is 235 Å². The lowest BCUT2D eigenvalue weighted by atomic mass is 9.52. The number of hydrogen-bond acceptors (Lipinski definition) is 4. The molecule has 6 rings (SSSR count). The Balaban J connectivity index is 1.48. The minimum absolute atomic E-state index is 0.0470. The Bertz CT molecular complexity index is 1450. The molecule has 2 N–H and O–H groups in total. The number of methoxy groups -OCH3 is 1. The van der Waals surface area contributed by atoms with Crippen molar-refractivity contribution in [3.63, 3.8) is 0 Å². The summed E-state index contributed by atoms with van der Waals surface area (Å²) in [4.78, 5) is 15.7. The van der Waals surface area contributed by atoms with E-state index >= 15 is 0 Å². The molecule has 0 spiro atoms. The van der Waals surface area contributed by atoms with Crippen molar-refractivity contribution in [1.29, 1.82) is 0 Å². The molecule has 204 valence electrons. The number of aromatic hydroxyl groups is 1. The van der Waals surface area contributed by atoms with Crippen molar-refractivity contribution in [2.24, 2.45) is 11.8 Å². The Hall–Kier alpha value is -4.09. The highest BCUT2D eigenvalue weighted by atomic mass is 16.5. The van der Waals surface area contributed by atoms with Crippen molar-refractivity contribution in [2.75, 3.05) is 20.2 Å². The van der Waals surface area contributed by atoms with Gasteiger partial charge in [0.25, 0.3) is 0 Å². The third-order valence-electron chi connectivity index (χ3n) is 9.30. The Kier molecular flexibility index (Phi) is 6.85. The molecule has 1 amide bonds. The number of fused-ring (bicyclic) bond motifs is 1. The first-order valence-corrected chi connectivity index (χ1v) is 14.0. The fourth-order valence-electron chi connectivity index (χ4n) is 7.38. The van der Waals surface area contributed by atoms with Crippen LogP contribution in [0.25, 0.3) is 0 Å². The third-order valence-corrected chi connectivity index (χ3v) is 9.30. The average Bonchev–Trinajstić information content (AvgIpc) is 3.47. The summed E-state index contributed by atoms with van der Waals surface area (Å²) < 4.78 is 5.73. The van der Waals surface area contributed by atoms with E-state index in [1.165, 1.54) is 11.1 Å². The summed E-state index contributed by atoms with van der Waals surface area (Å²) >= 11 is 0. The SMILES string of the molecule is COc1ccccc1[C@]1(O)CCC(c2ccccc2)(c2ccccc2)[C@H]2CN(C(=O)Cc3ccccc3O)C[C@H]21. The van der Waals surface area contributed by atoms with Crippen LogP contribution in [-0.4, -0.2) is 41.2 Å². The molecular formula is C35H35NO4. The third kappa shape index (κ3) is 4.25. The van der Waals surface area contributed by atoms with Crippen LogP contribution in [0.15, 0.2) is 109 Å². The Morgan fingerprint density at radius 1 is 0.800 bits per heavy atom. The molecule has 4 aromatic carbocycles. The number of amides is 1. The summed E-state index contributed by atoms with van der Waals surface area (Å²) in [6.45, 7) is 0.936. The van der Waals surface area contributed by atoms with Crippen molar-refractivity contribution in [1.82, 2.24) is 4.90 Å². The lowest BCUT2D eigenvalue weighted by molar-refractivity contribution is -0.130. The van der Waals surface area contributed by atoms with E-state index in [-0.39, 0.29) is 35.3 Å². The maximum atomic E-state index is 13.8. The van der Waals surface area contributed by atoms with Crippen LogP contribution in [0.2, 0.25) is 0 Å². The van der Waals surface area contributed by atoms with E-state index in [9.17, 15) is 15.0 Å². The van der Waals surface area contributed by atoms with Gasteiger partial charge < -0.3 is 19.8 Å². The zero-order valence-corrected chi connectivity index (χ0v) is 22.7. The van der Waals surface area contributed by atoms with Gasteiger partial charge in [-0.1, -0.05) is 97.1 Å². The molecule has 0 radical (unpaired) electrons. The number of carbonyl (C=O) groups excluding carboxylic acids is 1. The molecule has 2 aliphatic rings. The van der Waals surface area contributed by atoms with Gasteiger partial charge in [-0.2, -0.15) is 0 Å². The molecule has 1 heterocycles. The summed E-state index contributed by atoms with van der Waals surface area (Å²) in [5.74, 6) is 0.462. The number of hydrogen-bond donors (Lipinski definition) is 2. The molecule has 0 unspecified atom stereocenters. The summed E-state index contributed by atoms with van der Waals surface area (Å²) in [5, 5.41) is 23.0. The zero-order chi connectivity index (χ0) is 27.7. The van der Waals surface area contributed by atoms with Crippen LogP contribution in [0.5, 0.6) is 11.5 Å². The standard InChI is InChI=1S/C35H35NO4/c1-40-32-19-11-9-17-28(32)35(39)21-20-34(26-13-4-2-5-14-26,27-15-6-3-7-16-27)29-23-36(24-30(29)35)33(38)22-25-12-8-10-18-31(25)37/h2-19,29-30,37,39H,20-24H2,1H3/t29-,30+,35+/m0/s1. The molecule has 0 aromatic heterocycles. The smallest absolute Gasteiger partial charge is 0.227 e. The lowest BCUT2D eigenvalue weighted by Crippen LogP contribution is -2.53. The summed E-state index contributed by atoms with van der Waals surface area (Å²) in [7, 11) is 1.64. The van der Waals surface area contributed by atoms with Gasteiger partial charge in [0.1, 0.15) is 11.5 Å². The number of likely N-dealkylation sites (tertiary alicyclic amines) is 1. The van der Waals surface area contributed by atoms with E-state index in [2.05, 4.69) is 48.5 Å². The summed E-state index contributed by atoms with van der Waals surface area (Å²) in [6.07, 6.45) is 1.36. The number of ether oxygens (including phenoxy) is 1. The monoisotopic (exact) mass is 533 g/mol. The van der Waals surface area contributed by atoms with Crippen LogP contribution in [0.4, 0.5) is 0 Å². The van der Waals surface area contributed by atoms with E-state index in [0.29, 0.717) is 30.8 Å². The molecule has 40 heavy (non-hydrogen) atoms. The van der Waals surface area contributed by atoms with E-state index in [1.807, 2.05) is 47.4 Å². The highest BCUT2D eigenvalue weighted by Crippen LogP contribution is 2.60. The molecule has 1 saturated carbocycles. The van der Waals surface area contributed by atoms with E-state index in [4.69, 9.17) is 4.74 Å². The maximum absolute atomic E-state index is 13.8. The fraction of sp³-hybridized carbons (Fsp3) is 0.286. The second kappa shape index (κ2) is 10.5. The number of rotatable bonds is 6. The molecule has 1 saturated heterocycles. The molecule has 2 fully saturated rings. The van der Waals surface area contributed by atoms with Gasteiger partial charge in [-0.25, -0.2) is 0 Å². The van der Waals surface area contributed by atoms with Gasteiger partial charge in [0.05, 0.1) is 19.1 Å². The summed E-state index contributed by atoms with van der Waals surface area (Å²) in [5.41, 5.74) is 2.23. The van der Waals surface area contributed by atoms with Gasteiger partial charge in [0, 0.05) is 35.5 Å². The largest absolute Gasteiger partial charge is 0.508 e. The molecule has 0 bridgehead atoms. The molecule has 1 aliphatic carbocycles. The van der Waals surface area contributed by atoms with Gasteiger partial charge in [-0.05, 0) is 42.0 Å². The number of carbonyl (C=O) groups is 1. The molecule has 5 heteroatoms. The van der Waals surface area contributed by atoms with Crippen LogP contribution >= 0.6 is 0 Å². The Morgan fingerprint density at radius 2 is 1.38 bits per heavy atom. The van der Waals surface area contributed by atoms with Crippen molar-refractivity contribution >= 4 is 5.91 Å². The van der Waals surface area contributed by atoms with Crippen LogP contribution in [0.1, 0.15) is 35.1 Å². The minimum atomic E-state index is -1.17. The van der Waals surface area contributed by atoms with Crippen LogP contribution in [0, 0.1) is 11.8 Å². The fourth-order valence-corrected chi connectivity index (χ4v) is 7.38. The number of benzene rings is 4. The van der Waals surface area contributed by atoms with Crippen molar-refractivity contribution in [3.05, 3.63) is 131 Å². The van der Waals surface area contributed by atoms with Crippen molar-refractivity contribution in [2.45, 2.75) is 30.3 Å². The number of para-hydroxylation sites is 2. The molecule has 3 atom stereocenters. The second-order valence-electron chi connectivity index (χ2n) is 11.1. The number of phenolic OH excluding ortho intramolecular Hbond substituents is 1. The first-order valence-electron chi connectivity index (χ1n) is 14.0. The minimum Gasteiger partial charge on any atom is -0.508 e. The zero-order valence-electron chi connectivity index (χ0n) is 22.7. The van der Waals surface area contributed by atoms with Crippen LogP contribution in [-0.2, 0) is 22.2 Å². The summed E-state index contributed by atoms with van der Waals surface area (Å²) in [6, 6.07) is 35.8.